The summed E-state index contributed by atoms with van der Waals surface area (Å²) in [6, 6.07) is 22.6. The summed E-state index contributed by atoms with van der Waals surface area (Å²) in [4.78, 5) is 25.2. The summed E-state index contributed by atoms with van der Waals surface area (Å²) < 4.78 is 0. The van der Waals surface area contributed by atoms with Crippen molar-refractivity contribution in [3.63, 3.8) is 0 Å². The van der Waals surface area contributed by atoms with Gasteiger partial charge in [-0.3, -0.25) is 20.1 Å². The zero-order valence-electron chi connectivity index (χ0n) is 16.2. The molecule has 6 rings (SSSR count). The van der Waals surface area contributed by atoms with Gasteiger partial charge in [0.1, 0.15) is 0 Å². The summed E-state index contributed by atoms with van der Waals surface area (Å²) in [5.74, 6) is 0. The van der Waals surface area contributed by atoms with Crippen molar-refractivity contribution in [1.29, 1.82) is 0 Å². The van der Waals surface area contributed by atoms with E-state index >= 15 is 0 Å². The topological polar surface area (TPSA) is 81.8 Å². The number of hydrogen-bond donors (Lipinski definition) is 0. The lowest BCUT2D eigenvalue weighted by Crippen LogP contribution is -1.94. The van der Waals surface area contributed by atoms with Crippen molar-refractivity contribution in [3.8, 4) is 11.3 Å². The minimum atomic E-state index is -0.388. The molecule has 3 heterocycles. The first-order valence-electron chi connectivity index (χ1n) is 9.80. The number of nitrogens with zero attached hydrogens (tertiary/aromatic N) is 4. The van der Waals surface area contributed by atoms with E-state index in [0.29, 0.717) is 11.3 Å². The van der Waals surface area contributed by atoms with E-state index < -0.39 is 0 Å². The van der Waals surface area contributed by atoms with Crippen LogP contribution in [-0.2, 0) is 0 Å². The Morgan fingerprint density at radius 3 is 2.19 bits per heavy atom. The van der Waals surface area contributed by atoms with Gasteiger partial charge in [0.15, 0.2) is 0 Å². The molecule has 31 heavy (non-hydrogen) atoms. The van der Waals surface area contributed by atoms with E-state index in [1.54, 1.807) is 24.5 Å². The third-order valence-electron chi connectivity index (χ3n) is 5.60. The largest absolute Gasteiger partial charge is 0.270 e. The number of nitro benzene ring substituents is 1. The van der Waals surface area contributed by atoms with Crippen molar-refractivity contribution >= 4 is 49.2 Å². The van der Waals surface area contributed by atoms with Crippen LogP contribution in [0.5, 0.6) is 0 Å². The molecule has 0 saturated carbocycles. The molecule has 6 nitrogen and oxygen atoms in total. The average Bonchev–Trinajstić information content (AvgIpc) is 2.83. The first-order chi connectivity index (χ1) is 15.2. The fourth-order valence-electron chi connectivity index (χ4n) is 4.22. The molecule has 6 heteroatoms. The van der Waals surface area contributed by atoms with Crippen molar-refractivity contribution in [3.05, 3.63) is 95.3 Å². The molecule has 0 amide bonds. The number of benzene rings is 3. The summed E-state index contributed by atoms with van der Waals surface area (Å²) in [5.41, 5.74) is 3.81. The number of fused-ring (bicyclic) bond motifs is 7. The number of hydrogen-bond acceptors (Lipinski definition) is 5. The van der Waals surface area contributed by atoms with Gasteiger partial charge in [0.2, 0.25) is 0 Å². The molecule has 0 radical (unpaired) electrons. The maximum absolute atomic E-state index is 11.4. The van der Waals surface area contributed by atoms with Gasteiger partial charge >= 0.3 is 0 Å². The fourth-order valence-corrected chi connectivity index (χ4v) is 4.22. The summed E-state index contributed by atoms with van der Waals surface area (Å²) >= 11 is 0. The van der Waals surface area contributed by atoms with E-state index in [9.17, 15) is 10.1 Å². The predicted octanol–water partition coefficient (Wildman–Crippen LogP) is 6.06. The van der Waals surface area contributed by atoms with E-state index in [2.05, 4.69) is 16.0 Å². The summed E-state index contributed by atoms with van der Waals surface area (Å²) in [7, 11) is 0. The molecule has 0 atom stereocenters. The third-order valence-corrected chi connectivity index (χ3v) is 5.60. The Kier molecular flexibility index (Phi) is 3.67. The van der Waals surface area contributed by atoms with E-state index in [1.165, 1.54) is 6.07 Å². The van der Waals surface area contributed by atoms with Gasteiger partial charge in [0.05, 0.1) is 27.2 Å². The molecule has 0 bridgehead atoms. The zero-order chi connectivity index (χ0) is 20.9. The van der Waals surface area contributed by atoms with Gasteiger partial charge in [-0.05, 0) is 12.1 Å². The molecule has 0 aliphatic rings. The van der Waals surface area contributed by atoms with Crippen molar-refractivity contribution in [2.45, 2.75) is 0 Å². The lowest BCUT2D eigenvalue weighted by Gasteiger charge is -2.13. The Morgan fingerprint density at radius 1 is 0.710 bits per heavy atom. The average molecular weight is 402 g/mol. The zero-order valence-corrected chi connectivity index (χ0v) is 16.2. The number of aromatic nitrogens is 3. The van der Waals surface area contributed by atoms with Gasteiger partial charge in [-0.15, -0.1) is 0 Å². The van der Waals surface area contributed by atoms with Crippen molar-refractivity contribution in [2.24, 2.45) is 0 Å². The van der Waals surface area contributed by atoms with E-state index in [-0.39, 0.29) is 10.6 Å². The highest BCUT2D eigenvalue weighted by Crippen LogP contribution is 2.38. The van der Waals surface area contributed by atoms with Crippen molar-refractivity contribution in [1.82, 2.24) is 15.0 Å². The molecule has 0 unspecified atom stereocenters. The lowest BCUT2D eigenvalue weighted by molar-refractivity contribution is -0.384. The van der Waals surface area contributed by atoms with Crippen LogP contribution in [0.3, 0.4) is 0 Å². The van der Waals surface area contributed by atoms with Gasteiger partial charge in [-0.1, -0.05) is 48.5 Å². The molecule has 3 aromatic carbocycles. The molecule has 0 aliphatic carbocycles. The number of rotatable bonds is 2. The Bertz CT molecular complexity index is 1680. The SMILES string of the molecule is O=[N+]([O-])c1cccc(-c2nc3c(ccc4cccnc43)c3c2ccc2cccnc23)c1. The van der Waals surface area contributed by atoms with Crippen LogP contribution >= 0.6 is 0 Å². The third kappa shape index (κ3) is 2.62. The molecule has 0 spiro atoms. The quantitative estimate of drug-likeness (QED) is 0.200. The van der Waals surface area contributed by atoms with Crippen LogP contribution in [0.25, 0.3) is 54.7 Å². The number of pyridine rings is 3. The highest BCUT2D eigenvalue weighted by Gasteiger charge is 2.17. The van der Waals surface area contributed by atoms with Gasteiger partial charge in [-0.2, -0.15) is 0 Å². The summed E-state index contributed by atoms with van der Waals surface area (Å²) in [5, 5.41) is 16.2. The molecular formula is C25H14N4O2. The Labute approximate surface area is 176 Å². The van der Waals surface area contributed by atoms with Crippen LogP contribution < -0.4 is 0 Å². The monoisotopic (exact) mass is 402 g/mol. The molecule has 6 aromatic rings. The maximum atomic E-state index is 11.4. The highest BCUT2D eigenvalue weighted by molar-refractivity contribution is 6.24. The second-order valence-electron chi connectivity index (χ2n) is 7.37. The predicted molar refractivity (Wildman–Crippen MR) is 122 cm³/mol. The molecule has 0 fully saturated rings. The first-order valence-corrected chi connectivity index (χ1v) is 9.80. The molecule has 146 valence electrons. The van der Waals surface area contributed by atoms with E-state index in [0.717, 1.165) is 43.5 Å². The molecule has 0 saturated heterocycles. The van der Waals surface area contributed by atoms with Crippen molar-refractivity contribution < 1.29 is 4.92 Å². The van der Waals surface area contributed by atoms with Crippen LogP contribution in [0.4, 0.5) is 5.69 Å². The standard InChI is InChI=1S/C25H14N4O2/c30-29(31)18-7-1-4-17(14-18)22-19-10-8-15-5-2-12-26-23(15)21(19)20-11-9-16-6-3-13-27-24(16)25(20)28-22/h1-14H. The van der Waals surface area contributed by atoms with E-state index in [1.807, 2.05) is 48.5 Å². The van der Waals surface area contributed by atoms with Gasteiger partial charge < -0.3 is 0 Å². The van der Waals surface area contributed by atoms with Crippen LogP contribution in [0.1, 0.15) is 0 Å². The molecular weight excluding hydrogens is 388 g/mol. The van der Waals surface area contributed by atoms with Gasteiger partial charge in [0.25, 0.3) is 5.69 Å². The lowest BCUT2D eigenvalue weighted by atomic mass is 9.96. The molecule has 0 aliphatic heterocycles. The van der Waals surface area contributed by atoms with Gasteiger partial charge in [0, 0.05) is 57.0 Å². The second kappa shape index (κ2) is 6.53. The minimum absolute atomic E-state index is 0.0301. The van der Waals surface area contributed by atoms with Gasteiger partial charge in [-0.25, -0.2) is 4.98 Å². The summed E-state index contributed by atoms with van der Waals surface area (Å²) in [6.45, 7) is 0. The smallest absolute Gasteiger partial charge is 0.258 e. The van der Waals surface area contributed by atoms with Crippen LogP contribution in [-0.4, -0.2) is 19.9 Å². The number of nitro groups is 1. The second-order valence-corrected chi connectivity index (χ2v) is 7.37. The molecule has 0 N–H and O–H groups in total. The van der Waals surface area contributed by atoms with Crippen molar-refractivity contribution in [2.75, 3.05) is 0 Å². The normalized spacial score (nSPS) is 11.5. The Balaban J connectivity index is 1.86. The Morgan fingerprint density at radius 2 is 1.42 bits per heavy atom. The first kappa shape index (κ1) is 17.4. The van der Waals surface area contributed by atoms with E-state index in [4.69, 9.17) is 4.98 Å². The molecule has 3 aromatic heterocycles. The van der Waals surface area contributed by atoms with Crippen LogP contribution in [0.15, 0.2) is 85.2 Å². The minimum Gasteiger partial charge on any atom is -0.258 e. The fraction of sp³-hybridized carbons (Fsp3) is 0. The highest BCUT2D eigenvalue weighted by atomic mass is 16.6. The Hall–Kier alpha value is -4.45. The number of non-ortho nitro benzene ring substituents is 1. The van der Waals surface area contributed by atoms with Crippen LogP contribution in [0.2, 0.25) is 0 Å². The van der Waals surface area contributed by atoms with Crippen LogP contribution in [0, 0.1) is 10.1 Å². The maximum Gasteiger partial charge on any atom is 0.270 e. The summed E-state index contributed by atoms with van der Waals surface area (Å²) in [6.07, 6.45) is 3.53.